The van der Waals surface area contributed by atoms with Gasteiger partial charge in [0.2, 0.25) is 20.7 Å². The molecular weight excluding hydrogens is 301 g/mol. The second-order valence-corrected chi connectivity index (χ2v) is 5.99. The first kappa shape index (κ1) is 14.7. The molecule has 0 saturated heterocycles. The summed E-state index contributed by atoms with van der Waals surface area (Å²) in [7, 11) is -4.05. The summed E-state index contributed by atoms with van der Waals surface area (Å²) in [4.78, 5) is 10.7. The molecule has 1 aromatic heterocycles. The van der Waals surface area contributed by atoms with Crippen LogP contribution in [0.25, 0.3) is 0 Å². The Bertz CT molecular complexity index is 848. The van der Waals surface area contributed by atoms with Crippen LogP contribution in [0.15, 0.2) is 39.8 Å². The van der Waals surface area contributed by atoms with Gasteiger partial charge in [-0.25, -0.2) is 17.6 Å². The van der Waals surface area contributed by atoms with E-state index in [1.165, 1.54) is 18.2 Å². The van der Waals surface area contributed by atoms with Crippen molar-refractivity contribution in [3.63, 3.8) is 0 Å². The molecule has 0 amide bonds. The molecule has 1 heterocycles. The van der Waals surface area contributed by atoms with Crippen LogP contribution >= 0.6 is 0 Å². The molecule has 0 aliphatic carbocycles. The Balaban J connectivity index is 2.38. The highest BCUT2D eigenvalue weighted by Crippen LogP contribution is 2.22. The fourth-order valence-corrected chi connectivity index (χ4v) is 2.92. The maximum Gasteiger partial charge on any atom is 0.371 e. The lowest BCUT2D eigenvalue weighted by atomic mass is 10.1. The summed E-state index contributed by atoms with van der Waals surface area (Å²) in [5.74, 6) is -3.59. The maximum absolute atomic E-state index is 13.8. The number of nitrogens with zero attached hydrogens (tertiary/aromatic N) is 1. The third-order valence-electron chi connectivity index (χ3n) is 2.64. The predicted molar refractivity (Wildman–Crippen MR) is 67.7 cm³/mol. The number of carboxylic acids is 1. The third-order valence-corrected chi connectivity index (χ3v) is 4.17. The number of halogens is 1. The van der Waals surface area contributed by atoms with Crippen LogP contribution in [0.3, 0.4) is 0 Å². The molecule has 0 spiro atoms. The molecule has 6 nitrogen and oxygen atoms in total. The summed E-state index contributed by atoms with van der Waals surface area (Å²) < 4.78 is 42.7. The van der Waals surface area contributed by atoms with E-state index in [4.69, 9.17) is 14.8 Å². The van der Waals surface area contributed by atoms with Gasteiger partial charge < -0.3 is 9.52 Å². The van der Waals surface area contributed by atoms with Gasteiger partial charge in [0.1, 0.15) is 11.9 Å². The van der Waals surface area contributed by atoms with Crippen molar-refractivity contribution in [2.45, 2.75) is 10.8 Å². The molecule has 1 N–H and O–H groups in total. The Morgan fingerprint density at radius 3 is 2.62 bits per heavy atom. The zero-order valence-electron chi connectivity index (χ0n) is 10.4. The maximum atomic E-state index is 13.8. The molecule has 0 unspecified atom stereocenters. The summed E-state index contributed by atoms with van der Waals surface area (Å²) >= 11 is 0. The number of rotatable bonds is 4. The quantitative estimate of drug-likeness (QED) is 0.924. The first-order valence-corrected chi connectivity index (χ1v) is 7.24. The Morgan fingerprint density at radius 1 is 1.33 bits per heavy atom. The van der Waals surface area contributed by atoms with Gasteiger partial charge in [0.05, 0.1) is 11.3 Å². The van der Waals surface area contributed by atoms with Crippen LogP contribution in [0.5, 0.6) is 0 Å². The SMILES string of the molecule is N#Cc1cccc(CS(=O)(=O)c2ccc(C(=O)O)o2)c1F. The van der Waals surface area contributed by atoms with Crippen molar-refractivity contribution in [1.82, 2.24) is 0 Å². The Kier molecular flexibility index (Phi) is 3.78. The normalized spacial score (nSPS) is 11.0. The van der Waals surface area contributed by atoms with E-state index >= 15 is 0 Å². The standard InChI is InChI=1S/C13H8FNO5S/c14-12-8(6-15)2-1-3-9(12)7-21(18,19)11-5-4-10(20-11)13(16)17/h1-5H,7H2,(H,16,17). The van der Waals surface area contributed by atoms with Crippen LogP contribution in [-0.4, -0.2) is 19.5 Å². The molecule has 0 fully saturated rings. The molecule has 2 rings (SSSR count). The van der Waals surface area contributed by atoms with Gasteiger partial charge in [-0.2, -0.15) is 5.26 Å². The van der Waals surface area contributed by atoms with Crippen molar-refractivity contribution < 1.29 is 27.1 Å². The number of nitriles is 1. The van der Waals surface area contributed by atoms with Crippen LogP contribution in [0, 0.1) is 17.1 Å². The molecule has 0 aliphatic heterocycles. The highest BCUT2D eigenvalue weighted by Gasteiger charge is 2.23. The van der Waals surface area contributed by atoms with E-state index in [-0.39, 0.29) is 11.1 Å². The Labute approximate surface area is 119 Å². The second-order valence-electron chi connectivity index (χ2n) is 4.07. The molecule has 1 aromatic carbocycles. The zero-order chi connectivity index (χ0) is 15.6. The van der Waals surface area contributed by atoms with E-state index in [1.807, 2.05) is 0 Å². The van der Waals surface area contributed by atoms with E-state index < -0.39 is 38.2 Å². The van der Waals surface area contributed by atoms with Gasteiger partial charge in [0.25, 0.3) is 0 Å². The van der Waals surface area contributed by atoms with Crippen molar-refractivity contribution in [3.8, 4) is 6.07 Å². The van der Waals surface area contributed by atoms with E-state index in [2.05, 4.69) is 0 Å². The minimum absolute atomic E-state index is 0.192. The smallest absolute Gasteiger partial charge is 0.371 e. The fourth-order valence-electron chi connectivity index (χ4n) is 1.66. The number of aromatic carboxylic acids is 1. The Hall–Kier alpha value is -2.66. The van der Waals surface area contributed by atoms with Crippen LogP contribution in [0.1, 0.15) is 21.7 Å². The first-order chi connectivity index (χ1) is 9.85. The molecule has 0 bridgehead atoms. The van der Waals surface area contributed by atoms with Gasteiger partial charge in [0.15, 0.2) is 0 Å². The monoisotopic (exact) mass is 309 g/mol. The number of sulfone groups is 1. The van der Waals surface area contributed by atoms with Crippen molar-refractivity contribution in [2.75, 3.05) is 0 Å². The average molecular weight is 309 g/mol. The number of hydrogen-bond acceptors (Lipinski definition) is 5. The van der Waals surface area contributed by atoms with Crippen LogP contribution < -0.4 is 0 Å². The Morgan fingerprint density at radius 2 is 2.05 bits per heavy atom. The van der Waals surface area contributed by atoms with E-state index in [0.29, 0.717) is 0 Å². The number of hydrogen-bond donors (Lipinski definition) is 1. The van der Waals surface area contributed by atoms with Crippen molar-refractivity contribution in [1.29, 1.82) is 5.26 Å². The minimum atomic E-state index is -4.05. The highest BCUT2D eigenvalue weighted by molar-refractivity contribution is 7.90. The fraction of sp³-hybridized carbons (Fsp3) is 0.0769. The summed E-state index contributed by atoms with van der Waals surface area (Å²) in [6.45, 7) is 0. The van der Waals surface area contributed by atoms with E-state index in [9.17, 15) is 17.6 Å². The number of benzene rings is 1. The lowest BCUT2D eigenvalue weighted by Crippen LogP contribution is -2.06. The van der Waals surface area contributed by atoms with Crippen molar-refractivity contribution in [3.05, 3.63) is 53.0 Å². The first-order valence-electron chi connectivity index (χ1n) is 5.58. The number of carbonyl (C=O) groups is 1. The highest BCUT2D eigenvalue weighted by atomic mass is 32.2. The van der Waals surface area contributed by atoms with Crippen LogP contribution in [0.4, 0.5) is 4.39 Å². The van der Waals surface area contributed by atoms with Gasteiger partial charge in [-0.3, -0.25) is 0 Å². The lowest BCUT2D eigenvalue weighted by Gasteiger charge is -2.04. The predicted octanol–water partition coefficient (Wildman–Crippen LogP) is 1.96. The minimum Gasteiger partial charge on any atom is -0.475 e. The van der Waals surface area contributed by atoms with Crippen molar-refractivity contribution in [2.24, 2.45) is 0 Å². The summed E-state index contributed by atoms with van der Waals surface area (Å²) in [6, 6.07) is 7.41. The molecule has 8 heteroatoms. The van der Waals surface area contributed by atoms with Crippen LogP contribution in [-0.2, 0) is 15.6 Å². The molecule has 108 valence electrons. The largest absolute Gasteiger partial charge is 0.475 e. The van der Waals surface area contributed by atoms with Crippen molar-refractivity contribution >= 4 is 15.8 Å². The topological polar surface area (TPSA) is 108 Å². The van der Waals surface area contributed by atoms with Gasteiger partial charge in [-0.05, 0) is 18.2 Å². The van der Waals surface area contributed by atoms with Gasteiger partial charge in [-0.15, -0.1) is 0 Å². The zero-order valence-corrected chi connectivity index (χ0v) is 11.2. The van der Waals surface area contributed by atoms with Gasteiger partial charge in [-0.1, -0.05) is 12.1 Å². The number of furan rings is 1. The second kappa shape index (κ2) is 5.38. The summed E-state index contributed by atoms with van der Waals surface area (Å²) in [5, 5.41) is 16.8. The molecule has 0 saturated carbocycles. The lowest BCUT2D eigenvalue weighted by molar-refractivity contribution is 0.0656. The van der Waals surface area contributed by atoms with Crippen LogP contribution in [0.2, 0.25) is 0 Å². The summed E-state index contributed by atoms with van der Waals surface area (Å²) in [6.07, 6.45) is 0. The average Bonchev–Trinajstić information content (AvgIpc) is 2.91. The summed E-state index contributed by atoms with van der Waals surface area (Å²) in [5.41, 5.74) is -0.462. The number of carboxylic acid groups (broad SMARTS) is 1. The third kappa shape index (κ3) is 2.93. The molecule has 21 heavy (non-hydrogen) atoms. The van der Waals surface area contributed by atoms with E-state index in [0.717, 1.165) is 12.1 Å². The van der Waals surface area contributed by atoms with Gasteiger partial charge in [0, 0.05) is 5.56 Å². The molecular formula is C13H8FNO5S. The molecule has 0 atom stereocenters. The van der Waals surface area contributed by atoms with Gasteiger partial charge >= 0.3 is 5.97 Å². The molecule has 2 aromatic rings. The van der Waals surface area contributed by atoms with E-state index in [1.54, 1.807) is 6.07 Å². The molecule has 0 aliphatic rings. The molecule has 0 radical (unpaired) electrons.